The Kier molecular flexibility index (Phi) is 7.68. The van der Waals surface area contributed by atoms with Crippen LogP contribution < -0.4 is 4.90 Å². The van der Waals surface area contributed by atoms with Gasteiger partial charge in [0.15, 0.2) is 0 Å². The van der Waals surface area contributed by atoms with Crippen molar-refractivity contribution in [2.75, 3.05) is 4.90 Å². The minimum absolute atomic E-state index is 1.01. The summed E-state index contributed by atoms with van der Waals surface area (Å²) in [5.74, 6) is 0. The molecular weight excluding hydrogens is 605 g/mol. The lowest BCUT2D eigenvalue weighted by molar-refractivity contribution is 1.07. The van der Waals surface area contributed by atoms with E-state index in [1.54, 1.807) is 0 Å². The Morgan fingerprint density at radius 2 is 0.840 bits per heavy atom. The minimum Gasteiger partial charge on any atom is -0.311 e. The zero-order valence-corrected chi connectivity index (χ0v) is 27.8. The number of hydrogen-bond acceptors (Lipinski definition) is 1. The van der Waals surface area contributed by atoms with Gasteiger partial charge >= 0.3 is 0 Å². The fourth-order valence-corrected chi connectivity index (χ4v) is 7.43. The van der Waals surface area contributed by atoms with Gasteiger partial charge in [0.25, 0.3) is 0 Å². The number of fused-ring (bicyclic) bond motifs is 3. The lowest BCUT2D eigenvalue weighted by atomic mass is 9.89. The zero-order chi connectivity index (χ0) is 33.3. The van der Waals surface area contributed by atoms with Crippen LogP contribution in [0.2, 0.25) is 0 Å². The largest absolute Gasteiger partial charge is 0.311 e. The number of aromatic nitrogens is 1. The monoisotopic (exact) mass is 640 g/mol. The van der Waals surface area contributed by atoms with Crippen molar-refractivity contribution in [3.63, 3.8) is 0 Å². The number of nitrogens with zero attached hydrogens (tertiary/aromatic N) is 2. The van der Waals surface area contributed by atoms with Crippen LogP contribution in [0.5, 0.6) is 0 Å². The van der Waals surface area contributed by atoms with Gasteiger partial charge in [0, 0.05) is 33.5 Å². The smallest absolute Gasteiger partial charge is 0.0541 e. The molecule has 0 atom stereocenters. The van der Waals surface area contributed by atoms with Crippen LogP contribution in [0.15, 0.2) is 194 Å². The predicted molar refractivity (Wildman–Crippen MR) is 213 cm³/mol. The predicted octanol–water partition coefficient (Wildman–Crippen LogP) is 13.2. The van der Waals surface area contributed by atoms with Gasteiger partial charge in [-0.05, 0) is 113 Å². The SMILES string of the molecule is C1=C(c2ccc(N(c3ccccc3)c3ccc(-c4ccccc4)cc3)cc2)CCC(c2ccc3c(c2)c2ccccc2n3-c2ccccc2)=C1. The molecule has 8 aromatic rings. The summed E-state index contributed by atoms with van der Waals surface area (Å²) in [6, 6.07) is 65.5. The maximum atomic E-state index is 2.39. The quantitative estimate of drug-likeness (QED) is 0.168. The summed E-state index contributed by atoms with van der Waals surface area (Å²) in [4.78, 5) is 2.33. The van der Waals surface area contributed by atoms with Crippen LogP contribution >= 0.6 is 0 Å². The van der Waals surface area contributed by atoms with Gasteiger partial charge in [-0.3, -0.25) is 0 Å². The molecule has 0 N–H and O–H groups in total. The van der Waals surface area contributed by atoms with Gasteiger partial charge < -0.3 is 9.47 Å². The summed E-state index contributed by atoms with van der Waals surface area (Å²) in [7, 11) is 0. The average molecular weight is 641 g/mol. The molecule has 238 valence electrons. The summed E-state index contributed by atoms with van der Waals surface area (Å²) >= 11 is 0. The van der Waals surface area contributed by atoms with Crippen molar-refractivity contribution < 1.29 is 0 Å². The van der Waals surface area contributed by atoms with Crippen LogP contribution in [-0.4, -0.2) is 4.57 Å². The molecule has 0 bridgehead atoms. The highest BCUT2D eigenvalue weighted by Crippen LogP contribution is 2.39. The molecule has 1 aliphatic rings. The van der Waals surface area contributed by atoms with E-state index in [1.807, 2.05) is 0 Å². The highest BCUT2D eigenvalue weighted by atomic mass is 15.1. The maximum Gasteiger partial charge on any atom is 0.0541 e. The first-order valence-electron chi connectivity index (χ1n) is 17.4. The van der Waals surface area contributed by atoms with E-state index in [4.69, 9.17) is 0 Å². The highest BCUT2D eigenvalue weighted by Gasteiger charge is 2.17. The Bertz CT molecular complexity index is 2490. The molecule has 0 spiro atoms. The van der Waals surface area contributed by atoms with Crippen LogP contribution in [0.25, 0.3) is 49.8 Å². The molecule has 9 rings (SSSR count). The Morgan fingerprint density at radius 1 is 0.360 bits per heavy atom. The number of rotatable bonds is 7. The lowest BCUT2D eigenvalue weighted by Gasteiger charge is -2.26. The van der Waals surface area contributed by atoms with Gasteiger partial charge in [0.1, 0.15) is 0 Å². The molecule has 50 heavy (non-hydrogen) atoms. The van der Waals surface area contributed by atoms with Gasteiger partial charge in [-0.15, -0.1) is 0 Å². The van der Waals surface area contributed by atoms with Crippen LogP contribution in [0, 0.1) is 0 Å². The van der Waals surface area contributed by atoms with Crippen molar-refractivity contribution in [3.05, 3.63) is 205 Å². The Morgan fingerprint density at radius 3 is 1.50 bits per heavy atom. The van der Waals surface area contributed by atoms with Crippen molar-refractivity contribution >= 4 is 50.0 Å². The highest BCUT2D eigenvalue weighted by molar-refractivity contribution is 6.10. The van der Waals surface area contributed by atoms with Crippen LogP contribution in [-0.2, 0) is 0 Å². The van der Waals surface area contributed by atoms with E-state index in [-0.39, 0.29) is 0 Å². The fourth-order valence-electron chi connectivity index (χ4n) is 7.43. The van der Waals surface area contributed by atoms with Crippen molar-refractivity contribution in [2.45, 2.75) is 12.8 Å². The third-order valence-corrected chi connectivity index (χ3v) is 9.95. The zero-order valence-electron chi connectivity index (χ0n) is 27.8. The molecular formula is C48H36N2. The second kappa shape index (κ2) is 12.9. The first-order valence-corrected chi connectivity index (χ1v) is 17.4. The van der Waals surface area contributed by atoms with Gasteiger partial charge in [-0.1, -0.05) is 127 Å². The summed E-state index contributed by atoms with van der Waals surface area (Å²) in [6.45, 7) is 0. The van der Waals surface area contributed by atoms with E-state index in [2.05, 4.69) is 204 Å². The van der Waals surface area contributed by atoms with Gasteiger partial charge in [0.2, 0.25) is 0 Å². The Labute approximate surface area is 293 Å². The van der Waals surface area contributed by atoms with Gasteiger partial charge in [-0.25, -0.2) is 0 Å². The molecule has 7 aromatic carbocycles. The lowest BCUT2D eigenvalue weighted by Crippen LogP contribution is -2.09. The molecule has 2 heteroatoms. The fraction of sp³-hybridized carbons (Fsp3) is 0.0417. The number of benzene rings is 7. The van der Waals surface area contributed by atoms with Gasteiger partial charge in [-0.2, -0.15) is 0 Å². The van der Waals surface area contributed by atoms with Crippen molar-refractivity contribution in [1.82, 2.24) is 4.57 Å². The van der Waals surface area contributed by atoms with E-state index in [1.165, 1.54) is 60.9 Å². The molecule has 0 fully saturated rings. The molecule has 0 aliphatic heterocycles. The maximum absolute atomic E-state index is 2.39. The topological polar surface area (TPSA) is 8.17 Å². The first kappa shape index (κ1) is 29.7. The third-order valence-electron chi connectivity index (χ3n) is 9.95. The van der Waals surface area contributed by atoms with E-state index in [0.717, 1.165) is 29.9 Å². The number of para-hydroxylation sites is 3. The average Bonchev–Trinajstić information content (AvgIpc) is 3.53. The molecule has 0 radical (unpaired) electrons. The molecule has 1 aliphatic carbocycles. The van der Waals surface area contributed by atoms with E-state index in [9.17, 15) is 0 Å². The normalized spacial score (nSPS) is 12.9. The van der Waals surface area contributed by atoms with Crippen LogP contribution in [0.4, 0.5) is 17.1 Å². The van der Waals surface area contributed by atoms with Crippen LogP contribution in [0.1, 0.15) is 24.0 Å². The third kappa shape index (κ3) is 5.51. The second-order valence-corrected chi connectivity index (χ2v) is 12.9. The van der Waals surface area contributed by atoms with Crippen molar-refractivity contribution in [1.29, 1.82) is 0 Å². The molecule has 0 saturated carbocycles. The molecule has 0 unspecified atom stereocenters. The Hall–Kier alpha value is -6.38. The molecule has 1 heterocycles. The number of allylic oxidation sites excluding steroid dienone is 4. The van der Waals surface area contributed by atoms with Crippen molar-refractivity contribution in [2.24, 2.45) is 0 Å². The van der Waals surface area contributed by atoms with E-state index < -0.39 is 0 Å². The summed E-state index contributed by atoms with van der Waals surface area (Å²) < 4.78 is 2.38. The second-order valence-electron chi connectivity index (χ2n) is 12.9. The number of anilines is 3. The van der Waals surface area contributed by atoms with Gasteiger partial charge in [0.05, 0.1) is 11.0 Å². The van der Waals surface area contributed by atoms with Crippen LogP contribution in [0.3, 0.4) is 0 Å². The standard InChI is InChI=1S/C48H36N2/c1-4-12-35(13-5-1)37-24-29-43(30-25-37)49(41-14-6-2-7-15-41)44-31-26-38(27-32-44)36-20-22-39(23-21-36)40-28-33-48-46(34-40)45-18-10-11-19-47(45)50(48)42-16-8-3-9-17-42/h1-20,22,24-34H,21,23H2. The summed E-state index contributed by atoms with van der Waals surface area (Å²) in [6.07, 6.45) is 6.68. The number of hydrogen-bond donors (Lipinski definition) is 0. The van der Waals surface area contributed by atoms with E-state index >= 15 is 0 Å². The molecule has 0 amide bonds. The first-order chi connectivity index (χ1) is 24.8. The summed E-state index contributed by atoms with van der Waals surface area (Å²) in [5, 5.41) is 2.59. The molecule has 2 nitrogen and oxygen atoms in total. The molecule has 1 aromatic heterocycles. The minimum atomic E-state index is 1.01. The Balaban J connectivity index is 1.01. The molecule has 0 saturated heterocycles. The summed E-state index contributed by atoms with van der Waals surface area (Å²) in [5.41, 5.74) is 14.9. The van der Waals surface area contributed by atoms with E-state index in [0.29, 0.717) is 0 Å². The van der Waals surface area contributed by atoms with Crippen molar-refractivity contribution in [3.8, 4) is 16.8 Å².